The molecule has 1 saturated heterocycles. The van der Waals surface area contributed by atoms with E-state index in [0.717, 1.165) is 11.3 Å². The first-order valence-corrected chi connectivity index (χ1v) is 9.18. The molecule has 0 spiro atoms. The van der Waals surface area contributed by atoms with E-state index in [1.54, 1.807) is 17.0 Å². The molecule has 0 radical (unpaired) electrons. The largest absolute Gasteiger partial charge is 0.493 e. The fourth-order valence-corrected chi connectivity index (χ4v) is 3.27. The number of Topliss-reactive ketones (excluding diaryl/α,β-unsaturated/α-hetero) is 1. The number of carbonyl (C=O) groups excluding carboxylic acids is 2. The molecule has 1 heterocycles. The van der Waals surface area contributed by atoms with Crippen molar-refractivity contribution < 1.29 is 23.8 Å². The average molecular weight is 383 g/mol. The van der Waals surface area contributed by atoms with Gasteiger partial charge >= 0.3 is 0 Å². The van der Waals surface area contributed by atoms with Gasteiger partial charge in [0.1, 0.15) is 11.9 Å². The molecule has 1 aliphatic heterocycles. The number of amides is 1. The molecule has 6 heteroatoms. The number of hydrogen-bond donors (Lipinski definition) is 0. The molecule has 148 valence electrons. The molecular formula is C22H25NO5. The number of methoxy groups -OCH3 is 2. The molecule has 2 aromatic rings. The number of hydrogen-bond acceptors (Lipinski definition) is 5. The number of rotatable bonds is 7. The third kappa shape index (κ3) is 4.27. The van der Waals surface area contributed by atoms with Crippen LogP contribution in [0.4, 0.5) is 0 Å². The molecule has 0 N–H and O–H groups in total. The van der Waals surface area contributed by atoms with Gasteiger partial charge in [-0.05, 0) is 49.2 Å². The quantitative estimate of drug-likeness (QED) is 0.688. The third-order valence-corrected chi connectivity index (χ3v) is 4.82. The van der Waals surface area contributed by atoms with Gasteiger partial charge in [-0.2, -0.15) is 0 Å². The van der Waals surface area contributed by atoms with E-state index in [1.165, 1.54) is 21.1 Å². The Morgan fingerprint density at radius 2 is 1.75 bits per heavy atom. The Morgan fingerprint density at radius 1 is 1.07 bits per heavy atom. The van der Waals surface area contributed by atoms with Crippen LogP contribution in [0.1, 0.15) is 28.4 Å². The van der Waals surface area contributed by atoms with E-state index < -0.39 is 0 Å². The van der Waals surface area contributed by atoms with Gasteiger partial charge in [-0.15, -0.1) is 0 Å². The number of ketones is 1. The van der Waals surface area contributed by atoms with Gasteiger partial charge in [-0.3, -0.25) is 9.59 Å². The minimum Gasteiger partial charge on any atom is -0.493 e. The van der Waals surface area contributed by atoms with Crippen LogP contribution in [-0.4, -0.2) is 50.0 Å². The van der Waals surface area contributed by atoms with Crippen LogP contribution in [0.25, 0.3) is 0 Å². The average Bonchev–Trinajstić information content (AvgIpc) is 2.63. The lowest BCUT2D eigenvalue weighted by Crippen LogP contribution is -2.56. The molecule has 0 bridgehead atoms. The molecule has 0 aromatic heterocycles. The zero-order valence-corrected chi connectivity index (χ0v) is 16.7. The minimum absolute atomic E-state index is 0.0107. The maximum Gasteiger partial charge on any atom is 0.227 e. The molecule has 0 saturated carbocycles. The van der Waals surface area contributed by atoms with Crippen molar-refractivity contribution in [1.82, 2.24) is 4.90 Å². The standard InChI is InChI=1S/C22H25NO5/c1-14-6-5-7-17(8-14)28-18-12-23(13-18)22(25)10-16-9-20(26-3)21(27-4)11-19(16)15(2)24/h5-9,11,18H,10,12-13H2,1-4H3. The van der Waals surface area contributed by atoms with Crippen molar-refractivity contribution in [3.8, 4) is 17.2 Å². The Morgan fingerprint density at radius 3 is 2.36 bits per heavy atom. The molecule has 28 heavy (non-hydrogen) atoms. The lowest BCUT2D eigenvalue weighted by molar-refractivity contribution is -0.139. The fourth-order valence-electron chi connectivity index (χ4n) is 3.27. The van der Waals surface area contributed by atoms with Gasteiger partial charge in [0.25, 0.3) is 0 Å². The van der Waals surface area contributed by atoms with Crippen LogP contribution < -0.4 is 14.2 Å². The highest BCUT2D eigenvalue weighted by Gasteiger charge is 2.32. The Kier molecular flexibility index (Phi) is 5.87. The molecule has 1 aliphatic rings. The van der Waals surface area contributed by atoms with Gasteiger partial charge in [0.2, 0.25) is 5.91 Å². The highest BCUT2D eigenvalue weighted by atomic mass is 16.5. The van der Waals surface area contributed by atoms with Gasteiger partial charge in [-0.25, -0.2) is 0 Å². The zero-order valence-electron chi connectivity index (χ0n) is 16.7. The summed E-state index contributed by atoms with van der Waals surface area (Å²) in [5.41, 5.74) is 2.24. The highest BCUT2D eigenvalue weighted by molar-refractivity contribution is 5.97. The van der Waals surface area contributed by atoms with Crippen molar-refractivity contribution in [3.05, 3.63) is 53.1 Å². The number of ether oxygens (including phenoxy) is 3. The van der Waals surface area contributed by atoms with Crippen molar-refractivity contribution in [2.45, 2.75) is 26.4 Å². The molecule has 0 unspecified atom stereocenters. The molecule has 0 atom stereocenters. The summed E-state index contributed by atoms with van der Waals surface area (Å²) >= 11 is 0. The first-order chi connectivity index (χ1) is 13.4. The molecule has 1 amide bonds. The van der Waals surface area contributed by atoms with Gasteiger partial charge in [-0.1, -0.05) is 12.1 Å². The highest BCUT2D eigenvalue weighted by Crippen LogP contribution is 2.31. The van der Waals surface area contributed by atoms with Crippen molar-refractivity contribution in [2.75, 3.05) is 27.3 Å². The van der Waals surface area contributed by atoms with E-state index in [4.69, 9.17) is 14.2 Å². The molecule has 1 fully saturated rings. The van der Waals surface area contributed by atoms with Crippen LogP contribution in [0, 0.1) is 6.92 Å². The molecule has 0 aliphatic carbocycles. The lowest BCUT2D eigenvalue weighted by Gasteiger charge is -2.39. The smallest absolute Gasteiger partial charge is 0.227 e. The lowest BCUT2D eigenvalue weighted by atomic mass is 9.99. The number of benzene rings is 2. The first kappa shape index (κ1) is 19.7. The summed E-state index contributed by atoms with van der Waals surface area (Å²) in [5, 5.41) is 0. The Bertz CT molecular complexity index is 886. The number of nitrogens with zero attached hydrogens (tertiary/aromatic N) is 1. The van der Waals surface area contributed by atoms with Crippen LogP contribution in [-0.2, 0) is 11.2 Å². The van der Waals surface area contributed by atoms with Gasteiger partial charge in [0.05, 0.1) is 33.7 Å². The monoisotopic (exact) mass is 383 g/mol. The number of aryl methyl sites for hydroxylation is 1. The summed E-state index contributed by atoms with van der Waals surface area (Å²) in [6, 6.07) is 11.2. The predicted molar refractivity (Wildman–Crippen MR) is 105 cm³/mol. The summed E-state index contributed by atoms with van der Waals surface area (Å²) < 4.78 is 16.5. The van der Waals surface area contributed by atoms with Crippen molar-refractivity contribution in [2.24, 2.45) is 0 Å². The third-order valence-electron chi connectivity index (χ3n) is 4.82. The Hall–Kier alpha value is -3.02. The van der Waals surface area contributed by atoms with Gasteiger partial charge < -0.3 is 19.1 Å². The fraction of sp³-hybridized carbons (Fsp3) is 0.364. The van der Waals surface area contributed by atoms with E-state index in [1.807, 2.05) is 31.2 Å². The Balaban J connectivity index is 1.65. The molecule has 6 nitrogen and oxygen atoms in total. The van der Waals surface area contributed by atoms with E-state index in [2.05, 4.69) is 0 Å². The SMILES string of the molecule is COc1cc(CC(=O)N2CC(Oc3cccc(C)c3)C2)c(C(C)=O)cc1OC. The van der Waals surface area contributed by atoms with E-state index in [-0.39, 0.29) is 24.2 Å². The predicted octanol–water partition coefficient (Wildman–Crippen LogP) is 3.05. The second-order valence-electron chi connectivity index (χ2n) is 6.95. The summed E-state index contributed by atoms with van der Waals surface area (Å²) in [5.74, 6) is 1.63. The van der Waals surface area contributed by atoms with Crippen molar-refractivity contribution >= 4 is 11.7 Å². The van der Waals surface area contributed by atoms with Crippen molar-refractivity contribution in [3.63, 3.8) is 0 Å². The van der Waals surface area contributed by atoms with Gasteiger partial charge in [0, 0.05) is 5.56 Å². The van der Waals surface area contributed by atoms with E-state index >= 15 is 0 Å². The van der Waals surface area contributed by atoms with Crippen molar-refractivity contribution in [1.29, 1.82) is 0 Å². The summed E-state index contributed by atoms with van der Waals surface area (Å²) in [6.45, 7) is 4.56. The summed E-state index contributed by atoms with van der Waals surface area (Å²) in [6.07, 6.45) is 0.121. The topological polar surface area (TPSA) is 65.1 Å². The van der Waals surface area contributed by atoms with Crippen LogP contribution in [0.5, 0.6) is 17.2 Å². The second kappa shape index (κ2) is 8.33. The van der Waals surface area contributed by atoms with E-state index in [0.29, 0.717) is 35.7 Å². The van der Waals surface area contributed by atoms with Crippen LogP contribution in [0.15, 0.2) is 36.4 Å². The molecule has 3 rings (SSSR count). The zero-order chi connectivity index (χ0) is 20.3. The normalized spacial score (nSPS) is 13.6. The Labute approximate surface area is 165 Å². The second-order valence-corrected chi connectivity index (χ2v) is 6.95. The number of likely N-dealkylation sites (tertiary alicyclic amines) is 1. The van der Waals surface area contributed by atoms with Gasteiger partial charge in [0.15, 0.2) is 17.3 Å². The summed E-state index contributed by atoms with van der Waals surface area (Å²) in [7, 11) is 3.04. The van der Waals surface area contributed by atoms with Crippen LogP contribution >= 0.6 is 0 Å². The maximum absolute atomic E-state index is 12.7. The number of carbonyl (C=O) groups is 2. The summed E-state index contributed by atoms with van der Waals surface area (Å²) in [4.78, 5) is 26.4. The van der Waals surface area contributed by atoms with Crippen LogP contribution in [0.2, 0.25) is 0 Å². The van der Waals surface area contributed by atoms with E-state index in [9.17, 15) is 9.59 Å². The molecular weight excluding hydrogens is 358 g/mol. The molecule has 2 aromatic carbocycles. The maximum atomic E-state index is 12.7. The van der Waals surface area contributed by atoms with Crippen LogP contribution in [0.3, 0.4) is 0 Å². The first-order valence-electron chi connectivity index (χ1n) is 9.18. The minimum atomic E-state index is -0.118.